The van der Waals surface area contributed by atoms with Crippen molar-refractivity contribution in [2.24, 2.45) is 0 Å². The summed E-state index contributed by atoms with van der Waals surface area (Å²) in [6.45, 7) is 0. The van der Waals surface area contributed by atoms with E-state index in [4.69, 9.17) is 11.1 Å². The summed E-state index contributed by atoms with van der Waals surface area (Å²) in [7, 11) is 0. The summed E-state index contributed by atoms with van der Waals surface area (Å²) in [6.07, 6.45) is -3.72. The SMILES string of the molecule is N#Cc1ccnc(Sc2nnc(C(F)(F)F)n2N)c1[N+](=O)[O-]. The van der Waals surface area contributed by atoms with E-state index in [1.165, 1.54) is 0 Å². The molecule has 0 bridgehead atoms. The molecule has 2 aromatic heterocycles. The van der Waals surface area contributed by atoms with Gasteiger partial charge in [0.05, 0.1) is 4.92 Å². The van der Waals surface area contributed by atoms with E-state index in [1.54, 1.807) is 6.07 Å². The fourth-order valence-electron chi connectivity index (χ4n) is 1.40. The molecular weight excluding hydrogens is 327 g/mol. The lowest BCUT2D eigenvalue weighted by Gasteiger charge is -2.06. The van der Waals surface area contributed by atoms with Gasteiger partial charge in [-0.15, -0.1) is 10.2 Å². The van der Waals surface area contributed by atoms with Gasteiger partial charge in [0.2, 0.25) is 5.16 Å². The van der Waals surface area contributed by atoms with Crippen molar-refractivity contribution in [1.29, 1.82) is 5.26 Å². The first-order valence-electron chi connectivity index (χ1n) is 5.24. The number of hydrogen-bond donors (Lipinski definition) is 1. The number of nitrogen functional groups attached to an aromatic ring is 1. The largest absolute Gasteiger partial charge is 0.453 e. The van der Waals surface area contributed by atoms with Gasteiger partial charge in [0.15, 0.2) is 5.03 Å². The van der Waals surface area contributed by atoms with Crippen LogP contribution in [0.15, 0.2) is 22.4 Å². The van der Waals surface area contributed by atoms with Crippen LogP contribution in [0.2, 0.25) is 0 Å². The van der Waals surface area contributed by atoms with Gasteiger partial charge in [-0.3, -0.25) is 10.1 Å². The number of halogens is 3. The molecule has 22 heavy (non-hydrogen) atoms. The third-order valence-electron chi connectivity index (χ3n) is 2.30. The van der Waals surface area contributed by atoms with E-state index in [0.717, 1.165) is 12.3 Å². The van der Waals surface area contributed by atoms with E-state index in [0.29, 0.717) is 11.8 Å². The first kappa shape index (κ1) is 15.5. The van der Waals surface area contributed by atoms with Crippen molar-refractivity contribution < 1.29 is 18.1 Å². The van der Waals surface area contributed by atoms with Gasteiger partial charge in [-0.2, -0.15) is 18.4 Å². The Hall–Kier alpha value is -2.88. The fraction of sp³-hybridized carbons (Fsp3) is 0.111. The minimum absolute atomic E-state index is 0.148. The van der Waals surface area contributed by atoms with Crippen LogP contribution in [0.4, 0.5) is 18.9 Å². The predicted molar refractivity (Wildman–Crippen MR) is 64.9 cm³/mol. The van der Waals surface area contributed by atoms with Crippen LogP contribution in [0.1, 0.15) is 11.4 Å². The molecule has 0 radical (unpaired) electrons. The molecule has 0 spiro atoms. The second-order valence-corrected chi connectivity index (χ2v) is 4.61. The summed E-state index contributed by atoms with van der Waals surface area (Å²) >= 11 is 0.396. The first-order valence-corrected chi connectivity index (χ1v) is 6.06. The summed E-state index contributed by atoms with van der Waals surface area (Å²) < 4.78 is 37.8. The highest BCUT2D eigenvalue weighted by molar-refractivity contribution is 7.99. The lowest BCUT2D eigenvalue weighted by Crippen LogP contribution is -2.21. The number of nitrogens with zero attached hydrogens (tertiary/aromatic N) is 6. The van der Waals surface area contributed by atoms with E-state index in [2.05, 4.69) is 15.2 Å². The highest BCUT2D eigenvalue weighted by Gasteiger charge is 2.38. The smallest absolute Gasteiger partial charge is 0.335 e. The van der Waals surface area contributed by atoms with Crippen LogP contribution in [-0.2, 0) is 6.18 Å². The Morgan fingerprint density at radius 1 is 1.45 bits per heavy atom. The molecule has 0 saturated heterocycles. The van der Waals surface area contributed by atoms with E-state index in [-0.39, 0.29) is 15.3 Å². The summed E-state index contributed by atoms with van der Waals surface area (Å²) in [5, 5.41) is 25.1. The van der Waals surface area contributed by atoms with Crippen LogP contribution in [0.3, 0.4) is 0 Å². The molecule has 13 heteroatoms. The summed E-state index contributed by atoms with van der Waals surface area (Å²) in [5.74, 6) is 3.76. The molecule has 9 nitrogen and oxygen atoms in total. The van der Waals surface area contributed by atoms with Crippen molar-refractivity contribution >= 4 is 17.4 Å². The molecule has 0 aliphatic heterocycles. The van der Waals surface area contributed by atoms with E-state index in [9.17, 15) is 23.3 Å². The Morgan fingerprint density at radius 2 is 2.14 bits per heavy atom. The van der Waals surface area contributed by atoms with Crippen molar-refractivity contribution in [2.75, 3.05) is 5.84 Å². The van der Waals surface area contributed by atoms with Gasteiger partial charge in [0, 0.05) is 6.20 Å². The molecule has 114 valence electrons. The lowest BCUT2D eigenvalue weighted by atomic mass is 10.2. The van der Waals surface area contributed by atoms with Crippen LogP contribution in [0.25, 0.3) is 0 Å². The summed E-state index contributed by atoms with van der Waals surface area (Å²) in [4.78, 5) is 13.8. The zero-order chi connectivity index (χ0) is 16.5. The molecule has 0 aliphatic rings. The normalized spacial score (nSPS) is 11.2. The number of pyridine rings is 1. The molecule has 0 saturated carbocycles. The molecule has 0 aromatic carbocycles. The minimum Gasteiger partial charge on any atom is -0.335 e. The van der Waals surface area contributed by atoms with Crippen molar-refractivity contribution in [1.82, 2.24) is 19.9 Å². The van der Waals surface area contributed by atoms with Crippen LogP contribution in [0.5, 0.6) is 0 Å². The van der Waals surface area contributed by atoms with Gasteiger partial charge < -0.3 is 5.84 Å². The van der Waals surface area contributed by atoms with Crippen molar-refractivity contribution in [2.45, 2.75) is 16.4 Å². The minimum atomic E-state index is -4.82. The Balaban J connectivity index is 2.47. The molecule has 0 fully saturated rings. The standard InChI is InChI=1S/C9H4F3N7O2S/c10-9(11,12)7-16-17-8(18(7)14)22-6-5(19(20)21)4(3-13)1-2-15-6/h1-2H,14H2. The monoisotopic (exact) mass is 331 g/mol. The highest BCUT2D eigenvalue weighted by Crippen LogP contribution is 2.35. The van der Waals surface area contributed by atoms with Crippen LogP contribution < -0.4 is 5.84 Å². The maximum atomic E-state index is 12.5. The molecule has 2 aromatic rings. The average Bonchev–Trinajstić information content (AvgIpc) is 2.79. The molecule has 0 aliphatic carbocycles. The Bertz CT molecular complexity index is 782. The van der Waals surface area contributed by atoms with Crippen LogP contribution in [0, 0.1) is 21.4 Å². The molecule has 0 amide bonds. The van der Waals surface area contributed by atoms with Crippen molar-refractivity contribution in [3.63, 3.8) is 0 Å². The average molecular weight is 331 g/mol. The summed E-state index contributed by atoms with van der Waals surface area (Å²) in [6, 6.07) is 2.71. The van der Waals surface area contributed by atoms with Gasteiger partial charge in [-0.05, 0) is 17.8 Å². The third kappa shape index (κ3) is 2.76. The molecule has 2 N–H and O–H groups in total. The van der Waals surface area contributed by atoms with Gasteiger partial charge in [-0.1, -0.05) is 0 Å². The quantitative estimate of drug-likeness (QED) is 0.505. The van der Waals surface area contributed by atoms with E-state index >= 15 is 0 Å². The van der Waals surface area contributed by atoms with Gasteiger partial charge in [-0.25, -0.2) is 9.66 Å². The second kappa shape index (κ2) is 5.48. The summed E-state index contributed by atoms with van der Waals surface area (Å²) in [5.41, 5.74) is -0.937. The molecule has 2 rings (SSSR count). The van der Waals surface area contributed by atoms with Crippen molar-refractivity contribution in [3.05, 3.63) is 33.8 Å². The number of nitrogens with two attached hydrogens (primary N) is 1. The number of rotatable bonds is 3. The maximum absolute atomic E-state index is 12.5. The highest BCUT2D eigenvalue weighted by atomic mass is 32.2. The number of aromatic nitrogens is 4. The zero-order valence-electron chi connectivity index (χ0n) is 10.3. The maximum Gasteiger partial charge on any atom is 0.453 e. The third-order valence-corrected chi connectivity index (χ3v) is 3.25. The lowest BCUT2D eigenvalue weighted by molar-refractivity contribution is -0.388. The number of nitriles is 1. The van der Waals surface area contributed by atoms with Gasteiger partial charge >= 0.3 is 11.9 Å². The van der Waals surface area contributed by atoms with Crippen molar-refractivity contribution in [3.8, 4) is 6.07 Å². The number of hydrogen-bond acceptors (Lipinski definition) is 8. The Kier molecular flexibility index (Phi) is 3.87. The van der Waals surface area contributed by atoms with Gasteiger partial charge in [0.1, 0.15) is 11.6 Å². The van der Waals surface area contributed by atoms with E-state index in [1.807, 2.05) is 0 Å². The second-order valence-electron chi connectivity index (χ2n) is 3.66. The van der Waals surface area contributed by atoms with Gasteiger partial charge in [0.25, 0.3) is 5.82 Å². The topological polar surface area (TPSA) is 137 Å². The van der Waals surface area contributed by atoms with E-state index < -0.39 is 27.8 Å². The fourth-order valence-corrected chi connectivity index (χ4v) is 2.24. The van der Waals surface area contributed by atoms with Crippen LogP contribution in [-0.4, -0.2) is 24.8 Å². The van der Waals surface area contributed by atoms with Crippen LogP contribution >= 0.6 is 11.8 Å². The molecule has 2 heterocycles. The number of nitro groups is 1. The molecule has 0 unspecified atom stereocenters. The first-order chi connectivity index (χ1) is 10.3. The zero-order valence-corrected chi connectivity index (χ0v) is 11.1. The Labute approximate surface area is 123 Å². The molecular formula is C9H4F3N7O2S. The number of alkyl halides is 3. The molecule has 0 atom stereocenters. The predicted octanol–water partition coefficient (Wildman–Crippen LogP) is 1.34. The Morgan fingerprint density at radius 3 is 2.64 bits per heavy atom.